The smallest absolute Gasteiger partial charge is 0.161 e. The van der Waals surface area contributed by atoms with Gasteiger partial charge in [0.2, 0.25) is 0 Å². The summed E-state index contributed by atoms with van der Waals surface area (Å²) in [5.74, 6) is 1.46. The Labute approximate surface area is 148 Å². The fourth-order valence-corrected chi connectivity index (χ4v) is 2.80. The van der Waals surface area contributed by atoms with Gasteiger partial charge >= 0.3 is 0 Å². The number of pyridine rings is 1. The topological polar surface area (TPSA) is 43.4 Å². The lowest BCUT2D eigenvalue weighted by Gasteiger charge is -2.19. The SMILES string of the molecule is COc1ccc(CNC(c2ccccc2)c2ccccn2)cc1OC. The van der Waals surface area contributed by atoms with Crippen LogP contribution in [0.4, 0.5) is 0 Å². The maximum atomic E-state index is 5.39. The summed E-state index contributed by atoms with van der Waals surface area (Å²) in [7, 11) is 3.29. The summed E-state index contributed by atoms with van der Waals surface area (Å²) in [5.41, 5.74) is 3.30. The summed E-state index contributed by atoms with van der Waals surface area (Å²) in [4.78, 5) is 4.52. The first-order chi connectivity index (χ1) is 12.3. The van der Waals surface area contributed by atoms with Crippen molar-refractivity contribution in [3.63, 3.8) is 0 Å². The second-order valence-corrected chi connectivity index (χ2v) is 5.67. The first-order valence-electron chi connectivity index (χ1n) is 8.22. The van der Waals surface area contributed by atoms with Crippen LogP contribution in [0.5, 0.6) is 11.5 Å². The van der Waals surface area contributed by atoms with Gasteiger partial charge in [0, 0.05) is 12.7 Å². The fraction of sp³-hybridized carbons (Fsp3) is 0.190. The number of aromatic nitrogens is 1. The van der Waals surface area contributed by atoms with E-state index in [4.69, 9.17) is 9.47 Å². The molecule has 1 atom stereocenters. The highest BCUT2D eigenvalue weighted by Gasteiger charge is 2.15. The summed E-state index contributed by atoms with van der Waals surface area (Å²) in [6.45, 7) is 0.691. The van der Waals surface area contributed by atoms with E-state index in [1.807, 2.05) is 60.8 Å². The van der Waals surface area contributed by atoms with Crippen LogP contribution in [0.25, 0.3) is 0 Å². The largest absolute Gasteiger partial charge is 0.493 e. The van der Waals surface area contributed by atoms with Gasteiger partial charge in [-0.15, -0.1) is 0 Å². The molecule has 25 heavy (non-hydrogen) atoms. The van der Waals surface area contributed by atoms with Crippen molar-refractivity contribution in [3.8, 4) is 11.5 Å². The summed E-state index contributed by atoms with van der Waals surface area (Å²) in [6, 6.07) is 22.3. The van der Waals surface area contributed by atoms with Crippen LogP contribution in [0, 0.1) is 0 Å². The molecule has 0 saturated heterocycles. The molecule has 1 aromatic heterocycles. The van der Waals surface area contributed by atoms with Gasteiger partial charge in [0.15, 0.2) is 11.5 Å². The molecule has 0 aliphatic heterocycles. The highest BCUT2D eigenvalue weighted by molar-refractivity contribution is 5.43. The standard InChI is InChI=1S/C21H22N2O2/c1-24-19-12-11-16(14-20(19)25-2)15-23-21(17-8-4-3-5-9-17)18-10-6-7-13-22-18/h3-14,21,23H,15H2,1-2H3. The Morgan fingerprint density at radius 2 is 1.64 bits per heavy atom. The first kappa shape index (κ1) is 17.0. The number of benzene rings is 2. The minimum absolute atomic E-state index is 0.0236. The second-order valence-electron chi connectivity index (χ2n) is 5.67. The van der Waals surface area contributed by atoms with Crippen molar-refractivity contribution >= 4 is 0 Å². The van der Waals surface area contributed by atoms with Gasteiger partial charge in [0.1, 0.15) is 0 Å². The quantitative estimate of drug-likeness (QED) is 0.710. The van der Waals surface area contributed by atoms with Gasteiger partial charge in [0.05, 0.1) is 26.0 Å². The Morgan fingerprint density at radius 3 is 2.32 bits per heavy atom. The molecule has 0 bridgehead atoms. The van der Waals surface area contributed by atoms with Gasteiger partial charge in [-0.1, -0.05) is 42.5 Å². The van der Waals surface area contributed by atoms with E-state index in [9.17, 15) is 0 Å². The molecular formula is C21H22N2O2. The molecule has 0 radical (unpaired) electrons. The van der Waals surface area contributed by atoms with Crippen LogP contribution in [0.1, 0.15) is 22.9 Å². The molecule has 1 N–H and O–H groups in total. The van der Waals surface area contributed by atoms with Gasteiger partial charge in [-0.2, -0.15) is 0 Å². The molecule has 0 aliphatic carbocycles. The van der Waals surface area contributed by atoms with Crippen LogP contribution in [0.3, 0.4) is 0 Å². The van der Waals surface area contributed by atoms with E-state index in [1.165, 1.54) is 5.56 Å². The summed E-state index contributed by atoms with van der Waals surface area (Å²) < 4.78 is 10.7. The number of rotatable bonds is 7. The first-order valence-corrected chi connectivity index (χ1v) is 8.22. The van der Waals surface area contributed by atoms with Crippen molar-refractivity contribution in [2.45, 2.75) is 12.6 Å². The molecular weight excluding hydrogens is 312 g/mol. The second kappa shape index (κ2) is 8.31. The van der Waals surface area contributed by atoms with Crippen molar-refractivity contribution < 1.29 is 9.47 Å². The predicted molar refractivity (Wildman–Crippen MR) is 98.9 cm³/mol. The van der Waals surface area contributed by atoms with E-state index in [-0.39, 0.29) is 6.04 Å². The molecule has 128 valence electrons. The molecule has 3 rings (SSSR count). The van der Waals surface area contributed by atoms with Gasteiger partial charge in [-0.05, 0) is 35.4 Å². The zero-order chi connectivity index (χ0) is 17.5. The van der Waals surface area contributed by atoms with Gasteiger partial charge in [-0.3, -0.25) is 4.98 Å². The number of nitrogens with one attached hydrogen (secondary N) is 1. The van der Waals surface area contributed by atoms with E-state index >= 15 is 0 Å². The molecule has 0 saturated carbocycles. The van der Waals surface area contributed by atoms with Gasteiger partial charge < -0.3 is 14.8 Å². The third kappa shape index (κ3) is 4.17. The van der Waals surface area contributed by atoms with Crippen molar-refractivity contribution in [1.29, 1.82) is 0 Å². The molecule has 1 heterocycles. The Morgan fingerprint density at radius 1 is 0.880 bits per heavy atom. The fourth-order valence-electron chi connectivity index (χ4n) is 2.80. The molecule has 4 nitrogen and oxygen atoms in total. The number of methoxy groups -OCH3 is 2. The zero-order valence-corrected chi connectivity index (χ0v) is 14.5. The van der Waals surface area contributed by atoms with Crippen LogP contribution < -0.4 is 14.8 Å². The highest BCUT2D eigenvalue weighted by atomic mass is 16.5. The molecule has 2 aromatic carbocycles. The van der Waals surface area contributed by atoms with Crippen LogP contribution >= 0.6 is 0 Å². The van der Waals surface area contributed by atoms with Crippen LogP contribution in [0.2, 0.25) is 0 Å². The van der Waals surface area contributed by atoms with Crippen molar-refractivity contribution in [2.75, 3.05) is 14.2 Å². The Balaban J connectivity index is 1.82. The molecule has 1 unspecified atom stereocenters. The lowest BCUT2D eigenvalue weighted by Crippen LogP contribution is -2.23. The molecule has 0 aliphatic rings. The number of ether oxygens (including phenoxy) is 2. The summed E-state index contributed by atoms with van der Waals surface area (Å²) >= 11 is 0. The number of nitrogens with zero attached hydrogens (tertiary/aromatic N) is 1. The lowest BCUT2D eigenvalue weighted by atomic mass is 10.0. The van der Waals surface area contributed by atoms with Gasteiger partial charge in [-0.25, -0.2) is 0 Å². The molecule has 0 fully saturated rings. The average molecular weight is 334 g/mol. The van der Waals surface area contributed by atoms with E-state index in [1.54, 1.807) is 14.2 Å². The number of hydrogen-bond acceptors (Lipinski definition) is 4. The zero-order valence-electron chi connectivity index (χ0n) is 14.5. The van der Waals surface area contributed by atoms with Gasteiger partial charge in [0.25, 0.3) is 0 Å². The van der Waals surface area contributed by atoms with E-state index in [0.717, 1.165) is 22.8 Å². The normalized spacial score (nSPS) is 11.8. The summed E-state index contributed by atoms with van der Waals surface area (Å²) in [6.07, 6.45) is 1.82. The minimum atomic E-state index is 0.0236. The van der Waals surface area contributed by atoms with E-state index in [2.05, 4.69) is 22.4 Å². The van der Waals surface area contributed by atoms with Crippen LogP contribution in [0.15, 0.2) is 72.9 Å². The third-order valence-corrected chi connectivity index (χ3v) is 4.07. The van der Waals surface area contributed by atoms with Crippen LogP contribution in [-0.4, -0.2) is 19.2 Å². The lowest BCUT2D eigenvalue weighted by molar-refractivity contribution is 0.354. The average Bonchev–Trinajstić information content (AvgIpc) is 2.69. The minimum Gasteiger partial charge on any atom is -0.493 e. The summed E-state index contributed by atoms with van der Waals surface area (Å²) in [5, 5.41) is 3.60. The predicted octanol–water partition coefficient (Wildman–Crippen LogP) is 3.98. The highest BCUT2D eigenvalue weighted by Crippen LogP contribution is 2.28. The maximum Gasteiger partial charge on any atom is 0.161 e. The molecule has 4 heteroatoms. The maximum absolute atomic E-state index is 5.39. The van der Waals surface area contributed by atoms with Crippen molar-refractivity contribution in [1.82, 2.24) is 10.3 Å². The van der Waals surface area contributed by atoms with Crippen molar-refractivity contribution in [3.05, 3.63) is 89.7 Å². The Bertz CT molecular complexity index is 752. The Kier molecular flexibility index (Phi) is 5.65. The van der Waals surface area contributed by atoms with Crippen LogP contribution in [-0.2, 0) is 6.54 Å². The molecule has 0 amide bonds. The van der Waals surface area contributed by atoms with Crippen molar-refractivity contribution in [2.24, 2.45) is 0 Å². The third-order valence-electron chi connectivity index (χ3n) is 4.07. The monoisotopic (exact) mass is 334 g/mol. The van der Waals surface area contributed by atoms with E-state index in [0.29, 0.717) is 6.54 Å². The molecule has 0 spiro atoms. The molecule has 3 aromatic rings. The van der Waals surface area contributed by atoms with E-state index < -0.39 is 0 Å². The number of hydrogen-bond donors (Lipinski definition) is 1. The Hall–Kier alpha value is -2.85.